The van der Waals surface area contributed by atoms with Crippen LogP contribution in [-0.4, -0.2) is 39.2 Å². The molecule has 1 saturated heterocycles. The van der Waals surface area contributed by atoms with Gasteiger partial charge in [0.1, 0.15) is 6.10 Å². The van der Waals surface area contributed by atoms with Gasteiger partial charge in [0.2, 0.25) is 10.0 Å². The second-order valence-corrected chi connectivity index (χ2v) is 8.49. The van der Waals surface area contributed by atoms with E-state index < -0.39 is 10.0 Å². The molecular weight excluding hydrogens is 362 g/mol. The number of benzene rings is 1. The van der Waals surface area contributed by atoms with Crippen molar-refractivity contribution in [3.8, 4) is 11.5 Å². The van der Waals surface area contributed by atoms with Crippen LogP contribution in [0.5, 0.6) is 11.5 Å². The standard InChI is InChI=1S/C16H21N3O4S2/c1-2-22-13-5-3-4-6-14(13)23-12-7-9-19(10-8-12)16-18-11-15(24-16)25(17,20)21/h3-6,11-12H,2,7-10H2,1H3,(H2,17,20,21). The maximum atomic E-state index is 11.4. The number of nitrogens with two attached hydrogens (primary N) is 1. The molecule has 1 aromatic heterocycles. The number of para-hydroxylation sites is 2. The predicted octanol–water partition coefficient (Wildman–Crippen LogP) is 2.24. The molecule has 0 spiro atoms. The van der Waals surface area contributed by atoms with E-state index in [-0.39, 0.29) is 10.3 Å². The van der Waals surface area contributed by atoms with Gasteiger partial charge in [0.15, 0.2) is 20.8 Å². The lowest BCUT2D eigenvalue weighted by Gasteiger charge is -2.32. The quantitative estimate of drug-likeness (QED) is 0.822. The molecule has 2 heterocycles. The molecule has 1 aliphatic heterocycles. The average Bonchev–Trinajstić information content (AvgIpc) is 3.08. The van der Waals surface area contributed by atoms with Crippen molar-refractivity contribution in [3.63, 3.8) is 0 Å². The Morgan fingerprint density at radius 2 is 1.96 bits per heavy atom. The number of hydrogen-bond acceptors (Lipinski definition) is 7. The first-order chi connectivity index (χ1) is 12.0. The fourth-order valence-corrected chi connectivity index (χ4v) is 4.29. The molecule has 0 atom stereocenters. The summed E-state index contributed by atoms with van der Waals surface area (Å²) < 4.78 is 34.5. The highest BCUT2D eigenvalue weighted by Crippen LogP contribution is 2.31. The summed E-state index contributed by atoms with van der Waals surface area (Å²) in [6.07, 6.45) is 3.06. The number of aromatic nitrogens is 1. The van der Waals surface area contributed by atoms with Gasteiger partial charge in [0.05, 0.1) is 12.8 Å². The van der Waals surface area contributed by atoms with Gasteiger partial charge in [0.25, 0.3) is 0 Å². The van der Waals surface area contributed by atoms with E-state index in [1.54, 1.807) is 0 Å². The fourth-order valence-electron chi connectivity index (χ4n) is 2.70. The number of piperidine rings is 1. The summed E-state index contributed by atoms with van der Waals surface area (Å²) in [6.45, 7) is 4.03. The topological polar surface area (TPSA) is 94.8 Å². The molecule has 9 heteroatoms. The van der Waals surface area contributed by atoms with Crippen molar-refractivity contribution in [2.75, 3.05) is 24.6 Å². The zero-order valence-corrected chi connectivity index (χ0v) is 15.6. The third-order valence-electron chi connectivity index (χ3n) is 3.91. The monoisotopic (exact) mass is 383 g/mol. The molecule has 2 N–H and O–H groups in total. The normalized spacial score (nSPS) is 16.0. The van der Waals surface area contributed by atoms with Crippen molar-refractivity contribution in [2.24, 2.45) is 5.14 Å². The van der Waals surface area contributed by atoms with E-state index in [0.29, 0.717) is 11.7 Å². The molecule has 1 aliphatic rings. The van der Waals surface area contributed by atoms with Gasteiger partial charge in [-0.3, -0.25) is 0 Å². The molecule has 0 bridgehead atoms. The number of nitrogens with zero attached hydrogens (tertiary/aromatic N) is 2. The molecule has 0 unspecified atom stereocenters. The van der Waals surface area contributed by atoms with Crippen LogP contribution in [0.15, 0.2) is 34.7 Å². The number of anilines is 1. The molecule has 2 aromatic rings. The molecule has 136 valence electrons. The third kappa shape index (κ3) is 4.42. The van der Waals surface area contributed by atoms with Gasteiger partial charge < -0.3 is 14.4 Å². The minimum absolute atomic E-state index is 0.0894. The highest BCUT2D eigenvalue weighted by Gasteiger charge is 2.24. The van der Waals surface area contributed by atoms with Crippen LogP contribution in [-0.2, 0) is 10.0 Å². The number of ether oxygens (including phenoxy) is 2. The second kappa shape index (κ2) is 7.59. The van der Waals surface area contributed by atoms with Gasteiger partial charge in [-0.1, -0.05) is 23.5 Å². The van der Waals surface area contributed by atoms with Gasteiger partial charge in [0, 0.05) is 25.9 Å². The van der Waals surface area contributed by atoms with Crippen molar-refractivity contribution in [1.82, 2.24) is 4.98 Å². The number of hydrogen-bond donors (Lipinski definition) is 1. The first-order valence-electron chi connectivity index (χ1n) is 8.09. The van der Waals surface area contributed by atoms with E-state index in [1.165, 1.54) is 6.20 Å². The van der Waals surface area contributed by atoms with E-state index >= 15 is 0 Å². The Bertz CT molecular complexity index is 814. The highest BCUT2D eigenvalue weighted by atomic mass is 32.2. The molecule has 25 heavy (non-hydrogen) atoms. The summed E-state index contributed by atoms with van der Waals surface area (Å²) in [5.74, 6) is 1.51. The van der Waals surface area contributed by atoms with Crippen LogP contribution in [0.1, 0.15) is 19.8 Å². The predicted molar refractivity (Wildman–Crippen MR) is 97.0 cm³/mol. The first-order valence-corrected chi connectivity index (χ1v) is 10.5. The summed E-state index contributed by atoms with van der Waals surface area (Å²) in [7, 11) is -3.69. The summed E-state index contributed by atoms with van der Waals surface area (Å²) in [4.78, 5) is 6.24. The van der Waals surface area contributed by atoms with Crippen molar-refractivity contribution < 1.29 is 17.9 Å². The molecule has 3 rings (SSSR count). The molecule has 0 saturated carbocycles. The lowest BCUT2D eigenvalue weighted by Crippen LogP contribution is -2.38. The zero-order valence-electron chi connectivity index (χ0n) is 13.9. The fraction of sp³-hybridized carbons (Fsp3) is 0.438. The number of thiazole rings is 1. The smallest absolute Gasteiger partial charge is 0.249 e. The van der Waals surface area contributed by atoms with Crippen LogP contribution in [0.4, 0.5) is 5.13 Å². The summed E-state index contributed by atoms with van der Waals surface area (Å²) >= 11 is 1.10. The second-order valence-electron chi connectivity index (χ2n) is 5.69. The first kappa shape index (κ1) is 18.0. The number of rotatable bonds is 6. The van der Waals surface area contributed by atoms with Crippen LogP contribution >= 0.6 is 11.3 Å². The Balaban J connectivity index is 1.60. The molecule has 1 aromatic carbocycles. The minimum Gasteiger partial charge on any atom is -0.490 e. The van der Waals surface area contributed by atoms with E-state index in [4.69, 9.17) is 14.6 Å². The van der Waals surface area contributed by atoms with Crippen LogP contribution < -0.4 is 19.5 Å². The van der Waals surface area contributed by atoms with Crippen molar-refractivity contribution >= 4 is 26.5 Å². The molecule has 7 nitrogen and oxygen atoms in total. The van der Waals surface area contributed by atoms with E-state index in [1.807, 2.05) is 31.2 Å². The van der Waals surface area contributed by atoms with E-state index in [9.17, 15) is 8.42 Å². The maximum Gasteiger partial charge on any atom is 0.249 e. The van der Waals surface area contributed by atoms with Crippen molar-refractivity contribution in [1.29, 1.82) is 0 Å². The Morgan fingerprint density at radius 1 is 1.28 bits per heavy atom. The van der Waals surface area contributed by atoms with Gasteiger partial charge in [-0.2, -0.15) is 0 Å². The number of sulfonamides is 1. The molecule has 0 aliphatic carbocycles. The lowest BCUT2D eigenvalue weighted by molar-refractivity contribution is 0.162. The van der Waals surface area contributed by atoms with Gasteiger partial charge in [-0.25, -0.2) is 18.5 Å². The van der Waals surface area contributed by atoms with Crippen LogP contribution in [0.25, 0.3) is 0 Å². The van der Waals surface area contributed by atoms with E-state index in [2.05, 4.69) is 9.88 Å². The molecule has 0 amide bonds. The Kier molecular flexibility index (Phi) is 5.45. The van der Waals surface area contributed by atoms with Gasteiger partial charge in [-0.05, 0) is 19.1 Å². The van der Waals surface area contributed by atoms with Crippen LogP contribution in [0.2, 0.25) is 0 Å². The summed E-state index contributed by atoms with van der Waals surface area (Å²) in [5.41, 5.74) is 0. The molecular formula is C16H21N3O4S2. The average molecular weight is 383 g/mol. The highest BCUT2D eigenvalue weighted by molar-refractivity contribution is 7.91. The van der Waals surface area contributed by atoms with Crippen LogP contribution in [0, 0.1) is 0 Å². The summed E-state index contributed by atoms with van der Waals surface area (Å²) in [5, 5.41) is 5.82. The largest absolute Gasteiger partial charge is 0.490 e. The number of primary sulfonamides is 1. The van der Waals surface area contributed by atoms with Crippen LogP contribution in [0.3, 0.4) is 0 Å². The van der Waals surface area contributed by atoms with Crippen molar-refractivity contribution in [2.45, 2.75) is 30.1 Å². The maximum absolute atomic E-state index is 11.4. The summed E-state index contributed by atoms with van der Waals surface area (Å²) in [6, 6.07) is 7.66. The Labute approximate surface area is 151 Å². The molecule has 0 radical (unpaired) electrons. The third-order valence-corrected chi connectivity index (χ3v) is 6.37. The van der Waals surface area contributed by atoms with Crippen molar-refractivity contribution in [3.05, 3.63) is 30.5 Å². The Morgan fingerprint density at radius 3 is 2.56 bits per heavy atom. The SMILES string of the molecule is CCOc1ccccc1OC1CCN(c2ncc(S(N)(=O)=O)s2)CC1. The minimum atomic E-state index is -3.69. The van der Waals surface area contributed by atoms with Gasteiger partial charge in [-0.15, -0.1) is 0 Å². The zero-order chi connectivity index (χ0) is 17.9. The molecule has 1 fully saturated rings. The Hall–Kier alpha value is -1.84. The van der Waals surface area contributed by atoms with E-state index in [0.717, 1.165) is 48.8 Å². The lowest BCUT2D eigenvalue weighted by atomic mass is 10.1. The van der Waals surface area contributed by atoms with Gasteiger partial charge >= 0.3 is 0 Å².